The van der Waals surface area contributed by atoms with Crippen molar-refractivity contribution < 1.29 is 18.0 Å². The molecule has 0 bridgehead atoms. The van der Waals surface area contributed by atoms with E-state index in [2.05, 4.69) is 17.5 Å². The van der Waals surface area contributed by atoms with Crippen molar-refractivity contribution in [1.29, 1.82) is 0 Å². The van der Waals surface area contributed by atoms with Crippen LogP contribution in [0, 0.1) is 11.8 Å². The molecule has 19 heavy (non-hydrogen) atoms. The molecule has 112 valence electrons. The van der Waals surface area contributed by atoms with Gasteiger partial charge in [0.05, 0.1) is 11.5 Å². The molecule has 0 spiro atoms. The number of carbonyl (C=O) groups excluding carboxylic acids is 1. The van der Waals surface area contributed by atoms with Crippen LogP contribution >= 0.6 is 12.2 Å². The standard InChI is InChI=1S/C11H20F3N3OS/c1-7(2)4-16-9(18)6-17(3)5-8(10(15)19)11(12,13)14/h7-8H,4-6H2,1-3H3,(H2,15,19)(H,16,18). The van der Waals surface area contributed by atoms with Crippen molar-refractivity contribution in [3.63, 3.8) is 0 Å². The fourth-order valence-corrected chi connectivity index (χ4v) is 1.56. The number of carbonyl (C=O) groups is 1. The first-order valence-electron chi connectivity index (χ1n) is 5.85. The van der Waals surface area contributed by atoms with Crippen molar-refractivity contribution >= 4 is 23.1 Å². The summed E-state index contributed by atoms with van der Waals surface area (Å²) in [4.78, 5) is 12.1. The van der Waals surface area contributed by atoms with E-state index in [1.165, 1.54) is 11.9 Å². The summed E-state index contributed by atoms with van der Waals surface area (Å²) in [7, 11) is 1.42. The van der Waals surface area contributed by atoms with E-state index in [9.17, 15) is 18.0 Å². The van der Waals surface area contributed by atoms with Gasteiger partial charge in [-0.2, -0.15) is 13.2 Å². The molecule has 0 radical (unpaired) electrons. The van der Waals surface area contributed by atoms with Gasteiger partial charge in [0, 0.05) is 13.1 Å². The van der Waals surface area contributed by atoms with Crippen molar-refractivity contribution in [2.75, 3.05) is 26.7 Å². The summed E-state index contributed by atoms with van der Waals surface area (Å²) in [6.07, 6.45) is -4.49. The first-order chi connectivity index (χ1) is 8.54. The highest BCUT2D eigenvalue weighted by Crippen LogP contribution is 2.27. The molecule has 4 nitrogen and oxygen atoms in total. The average Bonchev–Trinajstić information content (AvgIpc) is 2.21. The summed E-state index contributed by atoms with van der Waals surface area (Å²) in [6, 6.07) is 0. The van der Waals surface area contributed by atoms with E-state index in [1.807, 2.05) is 13.8 Å². The molecule has 0 aromatic heterocycles. The van der Waals surface area contributed by atoms with E-state index >= 15 is 0 Å². The number of nitrogens with one attached hydrogen (secondary N) is 1. The predicted molar refractivity (Wildman–Crippen MR) is 71.7 cm³/mol. The van der Waals surface area contributed by atoms with Gasteiger partial charge in [-0.1, -0.05) is 26.1 Å². The number of hydrogen-bond acceptors (Lipinski definition) is 3. The Kier molecular flexibility index (Phi) is 7.28. The lowest BCUT2D eigenvalue weighted by Gasteiger charge is -2.24. The molecule has 0 rings (SSSR count). The maximum Gasteiger partial charge on any atom is 0.399 e. The molecule has 0 aliphatic rings. The molecule has 1 atom stereocenters. The van der Waals surface area contributed by atoms with Crippen LogP contribution in [0.1, 0.15) is 13.8 Å². The van der Waals surface area contributed by atoms with E-state index in [4.69, 9.17) is 5.73 Å². The van der Waals surface area contributed by atoms with Crippen LogP contribution in [0.4, 0.5) is 13.2 Å². The summed E-state index contributed by atoms with van der Waals surface area (Å²) >= 11 is 4.41. The van der Waals surface area contributed by atoms with E-state index in [-0.39, 0.29) is 18.4 Å². The van der Waals surface area contributed by atoms with Crippen molar-refractivity contribution in [1.82, 2.24) is 10.2 Å². The van der Waals surface area contributed by atoms with Gasteiger partial charge in [-0.25, -0.2) is 0 Å². The quantitative estimate of drug-likeness (QED) is 0.693. The van der Waals surface area contributed by atoms with Crippen LogP contribution < -0.4 is 11.1 Å². The highest BCUT2D eigenvalue weighted by Gasteiger charge is 2.42. The zero-order valence-electron chi connectivity index (χ0n) is 11.3. The van der Waals surface area contributed by atoms with Gasteiger partial charge >= 0.3 is 6.18 Å². The Hall–Kier alpha value is -0.890. The lowest BCUT2D eigenvalue weighted by molar-refractivity contribution is -0.159. The molecule has 0 aromatic rings. The minimum atomic E-state index is -4.49. The zero-order chi connectivity index (χ0) is 15.2. The van der Waals surface area contributed by atoms with Gasteiger partial charge in [-0.3, -0.25) is 9.69 Å². The Bertz CT molecular complexity index is 321. The number of halogens is 3. The molecule has 1 unspecified atom stereocenters. The molecular weight excluding hydrogens is 279 g/mol. The van der Waals surface area contributed by atoms with Crippen LogP contribution in [-0.2, 0) is 4.79 Å². The summed E-state index contributed by atoms with van der Waals surface area (Å²) in [5.74, 6) is -1.93. The van der Waals surface area contributed by atoms with Crippen LogP contribution in [0.15, 0.2) is 0 Å². The fourth-order valence-electron chi connectivity index (χ4n) is 1.35. The van der Waals surface area contributed by atoms with E-state index in [1.54, 1.807) is 0 Å². The third-order valence-corrected chi connectivity index (χ3v) is 2.64. The van der Waals surface area contributed by atoms with Gasteiger partial charge in [0.15, 0.2) is 0 Å². The number of likely N-dealkylation sites (N-methyl/N-ethyl adjacent to an activating group) is 1. The molecule has 0 heterocycles. The number of thiocarbonyl (C=S) groups is 1. The highest BCUT2D eigenvalue weighted by molar-refractivity contribution is 7.80. The topological polar surface area (TPSA) is 58.4 Å². The Morgan fingerprint density at radius 3 is 2.32 bits per heavy atom. The summed E-state index contributed by atoms with van der Waals surface area (Å²) < 4.78 is 37.9. The second kappa shape index (κ2) is 7.64. The number of hydrogen-bond donors (Lipinski definition) is 2. The molecule has 0 aliphatic carbocycles. The molecule has 0 saturated heterocycles. The summed E-state index contributed by atoms with van der Waals surface area (Å²) in [6.45, 7) is 3.80. The van der Waals surface area contributed by atoms with Crippen LogP contribution in [0.25, 0.3) is 0 Å². The number of amides is 1. The zero-order valence-corrected chi connectivity index (χ0v) is 12.1. The third kappa shape index (κ3) is 7.99. The first kappa shape index (κ1) is 18.1. The van der Waals surface area contributed by atoms with E-state index < -0.39 is 23.6 Å². The minimum Gasteiger partial charge on any atom is -0.393 e. The van der Waals surface area contributed by atoms with E-state index in [0.29, 0.717) is 6.54 Å². The number of nitrogens with zero attached hydrogens (tertiary/aromatic N) is 1. The van der Waals surface area contributed by atoms with Crippen LogP contribution in [-0.4, -0.2) is 48.7 Å². The van der Waals surface area contributed by atoms with E-state index in [0.717, 1.165) is 0 Å². The maximum absolute atomic E-state index is 12.6. The predicted octanol–water partition coefficient (Wildman–Crippen LogP) is 1.15. The lowest BCUT2D eigenvalue weighted by Crippen LogP contribution is -2.45. The Morgan fingerprint density at radius 1 is 1.42 bits per heavy atom. The SMILES string of the molecule is CC(C)CNC(=O)CN(C)CC(C(N)=S)C(F)(F)F. The first-order valence-corrected chi connectivity index (χ1v) is 6.26. The average molecular weight is 299 g/mol. The molecule has 0 aromatic carbocycles. The summed E-state index contributed by atoms with van der Waals surface area (Å²) in [5.41, 5.74) is 5.08. The monoisotopic (exact) mass is 299 g/mol. The largest absolute Gasteiger partial charge is 0.399 e. The Labute approximate surface area is 116 Å². The normalized spacial score (nSPS) is 13.7. The molecule has 8 heteroatoms. The van der Waals surface area contributed by atoms with Crippen molar-refractivity contribution in [3.05, 3.63) is 0 Å². The van der Waals surface area contributed by atoms with Gasteiger partial charge < -0.3 is 11.1 Å². The van der Waals surface area contributed by atoms with Gasteiger partial charge in [0.25, 0.3) is 0 Å². The molecular formula is C11H20F3N3OS. The second-order valence-electron chi connectivity index (χ2n) is 4.89. The van der Waals surface area contributed by atoms with Gasteiger partial charge in [-0.05, 0) is 13.0 Å². The minimum absolute atomic E-state index is 0.123. The van der Waals surface area contributed by atoms with Crippen molar-refractivity contribution in [3.8, 4) is 0 Å². The lowest BCUT2D eigenvalue weighted by atomic mass is 10.1. The molecule has 0 aliphatic heterocycles. The number of alkyl halides is 3. The highest BCUT2D eigenvalue weighted by atomic mass is 32.1. The summed E-state index contributed by atoms with van der Waals surface area (Å²) in [5, 5.41) is 2.63. The molecule has 0 fully saturated rings. The van der Waals surface area contributed by atoms with Crippen molar-refractivity contribution in [2.24, 2.45) is 17.6 Å². The van der Waals surface area contributed by atoms with Crippen LogP contribution in [0.5, 0.6) is 0 Å². The number of nitrogens with two attached hydrogens (primary N) is 1. The molecule has 1 amide bonds. The van der Waals surface area contributed by atoms with Gasteiger partial charge in [0.1, 0.15) is 5.92 Å². The Morgan fingerprint density at radius 2 is 1.95 bits per heavy atom. The fraction of sp³-hybridized carbons (Fsp3) is 0.818. The third-order valence-electron chi connectivity index (χ3n) is 2.35. The molecule has 0 saturated carbocycles. The second-order valence-corrected chi connectivity index (χ2v) is 5.36. The van der Waals surface area contributed by atoms with Crippen LogP contribution in [0.3, 0.4) is 0 Å². The van der Waals surface area contributed by atoms with Crippen LogP contribution in [0.2, 0.25) is 0 Å². The molecule has 3 N–H and O–H groups in total. The smallest absolute Gasteiger partial charge is 0.393 e. The van der Waals surface area contributed by atoms with Gasteiger partial charge in [-0.15, -0.1) is 0 Å². The van der Waals surface area contributed by atoms with Crippen molar-refractivity contribution in [2.45, 2.75) is 20.0 Å². The maximum atomic E-state index is 12.6. The Balaban J connectivity index is 4.31. The van der Waals surface area contributed by atoms with Gasteiger partial charge in [0.2, 0.25) is 5.91 Å². The number of rotatable bonds is 7.